The van der Waals surface area contributed by atoms with Crippen LogP contribution in [0, 0.1) is 17.2 Å². The maximum Gasteiger partial charge on any atom is 0.573 e. The Kier molecular flexibility index (Phi) is 5.34. The largest absolute Gasteiger partial charge is 0.573 e. The van der Waals surface area contributed by atoms with Crippen LogP contribution in [0.15, 0.2) is 66.7 Å². The van der Waals surface area contributed by atoms with Crippen molar-refractivity contribution in [1.82, 2.24) is 0 Å². The van der Waals surface area contributed by atoms with Crippen LogP contribution in [0.2, 0.25) is 10.0 Å². The maximum absolute atomic E-state index is 13.6. The molecule has 6 nitrogen and oxygen atoms in total. The predicted molar refractivity (Wildman–Crippen MR) is 122 cm³/mol. The number of nitrogens with zero attached hydrogens (tertiary/aromatic N) is 2. The number of piperidine rings is 1. The number of imide groups is 1. The number of benzene rings is 3. The highest BCUT2D eigenvalue weighted by molar-refractivity contribution is 6.36. The van der Waals surface area contributed by atoms with E-state index in [9.17, 15) is 27.9 Å². The average molecular weight is 533 g/mol. The molecular formula is C25H13Cl2F3N2O4. The zero-order valence-electron chi connectivity index (χ0n) is 17.9. The summed E-state index contributed by atoms with van der Waals surface area (Å²) in [6.45, 7) is 0. The Hall–Kier alpha value is -3.58. The van der Waals surface area contributed by atoms with E-state index in [1.54, 1.807) is 0 Å². The molecule has 2 fully saturated rings. The highest BCUT2D eigenvalue weighted by Gasteiger charge is 2.89. The Morgan fingerprint density at radius 1 is 0.944 bits per heavy atom. The van der Waals surface area contributed by atoms with E-state index in [-0.39, 0.29) is 21.3 Å². The normalized spacial score (nSPS) is 24.9. The van der Waals surface area contributed by atoms with Gasteiger partial charge < -0.3 is 9.84 Å². The first-order chi connectivity index (χ1) is 16.9. The lowest BCUT2D eigenvalue weighted by Crippen LogP contribution is -2.45. The number of carbonyl (C=O) groups is 2. The molecule has 0 spiro atoms. The fraction of sp³-hybridized carbons (Fsp3) is 0.160. The monoisotopic (exact) mass is 532 g/mol. The molecule has 1 saturated heterocycles. The Morgan fingerprint density at radius 3 is 1.92 bits per heavy atom. The van der Waals surface area contributed by atoms with Crippen molar-refractivity contribution in [1.29, 1.82) is 5.26 Å². The first-order valence-corrected chi connectivity index (χ1v) is 11.1. The van der Waals surface area contributed by atoms with Crippen LogP contribution in [0.25, 0.3) is 0 Å². The molecule has 3 aromatic carbocycles. The van der Waals surface area contributed by atoms with Crippen molar-refractivity contribution >= 4 is 40.7 Å². The summed E-state index contributed by atoms with van der Waals surface area (Å²) in [5, 5.41) is 21.2. The highest BCUT2D eigenvalue weighted by atomic mass is 35.5. The SMILES string of the molecule is N#Cc1ccc([C@@]2(c3ccc(OC(F)(F)F)cc3)[C@@H]3C(=O)N(c4cc(Cl)cc(Cl)c4)C(=O)C32O)cc1. The molecule has 11 heteroatoms. The zero-order chi connectivity index (χ0) is 26.0. The summed E-state index contributed by atoms with van der Waals surface area (Å²) in [5.74, 6) is -3.47. The Bertz CT molecular complexity index is 1430. The van der Waals surface area contributed by atoms with Gasteiger partial charge in [0, 0.05) is 10.0 Å². The summed E-state index contributed by atoms with van der Waals surface area (Å²) in [7, 11) is 0. The van der Waals surface area contributed by atoms with Crippen molar-refractivity contribution in [2.75, 3.05) is 4.90 Å². The number of fused-ring (bicyclic) bond motifs is 1. The standard InChI is InChI=1S/C25H13Cl2F3N2O4/c26-16-9-17(27)11-18(10-16)32-21(33)20-23(24(20,35)22(32)34,14-3-1-13(12-31)2-4-14)15-5-7-19(8-6-15)36-25(28,29)30/h1-11,20,35H/t20-,23+,24?/m0/s1. The molecule has 1 N–H and O–H groups in total. The smallest absolute Gasteiger partial charge is 0.406 e. The zero-order valence-corrected chi connectivity index (χ0v) is 19.4. The van der Waals surface area contributed by atoms with Crippen LogP contribution in [-0.2, 0) is 15.0 Å². The Balaban J connectivity index is 1.63. The molecule has 3 aromatic rings. The van der Waals surface area contributed by atoms with E-state index in [0.717, 1.165) is 17.0 Å². The van der Waals surface area contributed by atoms with E-state index in [0.29, 0.717) is 11.1 Å². The molecule has 0 bridgehead atoms. The second kappa shape index (κ2) is 7.96. The van der Waals surface area contributed by atoms with Crippen molar-refractivity contribution in [2.45, 2.75) is 17.4 Å². The molecule has 182 valence electrons. The number of aliphatic hydroxyl groups is 1. The van der Waals surface area contributed by atoms with Gasteiger partial charge in [0.25, 0.3) is 5.91 Å². The molecular weight excluding hydrogens is 520 g/mol. The topological polar surface area (TPSA) is 90.6 Å². The first-order valence-electron chi connectivity index (χ1n) is 10.4. The molecule has 0 aromatic heterocycles. The van der Waals surface area contributed by atoms with Gasteiger partial charge in [-0.3, -0.25) is 9.59 Å². The van der Waals surface area contributed by atoms with Gasteiger partial charge in [-0.1, -0.05) is 47.5 Å². The number of rotatable bonds is 4. The Labute approximate surface area is 212 Å². The quantitative estimate of drug-likeness (QED) is 0.478. The van der Waals surface area contributed by atoms with Gasteiger partial charge in [-0.05, 0) is 53.6 Å². The van der Waals surface area contributed by atoms with Crippen molar-refractivity contribution in [3.63, 3.8) is 0 Å². The number of carbonyl (C=O) groups excluding carboxylic acids is 2. The molecule has 1 saturated carbocycles. The number of hydrogen-bond donors (Lipinski definition) is 1. The minimum absolute atomic E-state index is 0.0748. The van der Waals surface area contributed by atoms with Gasteiger partial charge in [0.15, 0.2) is 5.60 Å². The lowest BCUT2D eigenvalue weighted by atomic mass is 9.81. The number of anilines is 1. The van der Waals surface area contributed by atoms with Gasteiger partial charge in [-0.15, -0.1) is 13.2 Å². The summed E-state index contributed by atoms with van der Waals surface area (Å²) in [6.07, 6.45) is -4.91. The van der Waals surface area contributed by atoms with Gasteiger partial charge in [0.05, 0.1) is 28.7 Å². The molecule has 1 unspecified atom stereocenters. The van der Waals surface area contributed by atoms with Gasteiger partial charge in [0.1, 0.15) is 5.75 Å². The molecule has 5 rings (SSSR count). The van der Waals surface area contributed by atoms with Gasteiger partial charge in [-0.2, -0.15) is 5.26 Å². The predicted octanol–water partition coefficient (Wildman–Crippen LogP) is 4.98. The van der Waals surface area contributed by atoms with Crippen LogP contribution in [0.3, 0.4) is 0 Å². The number of amides is 2. The minimum atomic E-state index is -4.91. The minimum Gasteiger partial charge on any atom is -0.406 e. The lowest BCUT2D eigenvalue weighted by molar-refractivity contribution is -0.274. The third-order valence-corrected chi connectivity index (χ3v) is 6.92. The molecule has 1 heterocycles. The number of halogens is 5. The van der Waals surface area contributed by atoms with E-state index in [1.807, 2.05) is 6.07 Å². The summed E-state index contributed by atoms with van der Waals surface area (Å²) in [6, 6.07) is 16.6. The van der Waals surface area contributed by atoms with Crippen molar-refractivity contribution in [2.24, 2.45) is 5.92 Å². The first kappa shape index (κ1) is 24.1. The second-order valence-electron chi connectivity index (χ2n) is 8.38. The van der Waals surface area contributed by atoms with Crippen LogP contribution < -0.4 is 9.64 Å². The van der Waals surface area contributed by atoms with Gasteiger partial charge >= 0.3 is 6.36 Å². The molecule has 1 aliphatic carbocycles. The lowest BCUT2D eigenvalue weighted by Gasteiger charge is -2.28. The van der Waals surface area contributed by atoms with Crippen LogP contribution in [0.4, 0.5) is 18.9 Å². The molecule has 0 radical (unpaired) electrons. The maximum atomic E-state index is 13.6. The molecule has 2 aliphatic rings. The highest BCUT2D eigenvalue weighted by Crippen LogP contribution is 2.71. The fourth-order valence-corrected chi connectivity index (χ4v) is 5.61. The molecule has 36 heavy (non-hydrogen) atoms. The Morgan fingerprint density at radius 2 is 1.47 bits per heavy atom. The van der Waals surface area contributed by atoms with E-state index < -0.39 is 40.9 Å². The van der Waals surface area contributed by atoms with Crippen molar-refractivity contribution < 1.29 is 32.6 Å². The van der Waals surface area contributed by atoms with Crippen molar-refractivity contribution in [3.05, 3.63) is 93.5 Å². The van der Waals surface area contributed by atoms with E-state index in [4.69, 9.17) is 28.5 Å². The fourth-order valence-electron chi connectivity index (χ4n) is 5.10. The van der Waals surface area contributed by atoms with Crippen LogP contribution >= 0.6 is 23.2 Å². The van der Waals surface area contributed by atoms with Crippen LogP contribution in [-0.4, -0.2) is 28.9 Å². The third-order valence-electron chi connectivity index (χ3n) is 6.48. The second-order valence-corrected chi connectivity index (χ2v) is 9.25. The van der Waals surface area contributed by atoms with Crippen LogP contribution in [0.5, 0.6) is 5.75 Å². The summed E-state index contributed by atoms with van der Waals surface area (Å²) in [5.41, 5.74) is -2.92. The number of ether oxygens (including phenoxy) is 1. The van der Waals surface area contributed by atoms with Gasteiger partial charge in [0.2, 0.25) is 5.91 Å². The molecule has 3 atom stereocenters. The van der Waals surface area contributed by atoms with Gasteiger partial charge in [-0.25, -0.2) is 4.90 Å². The number of hydrogen-bond acceptors (Lipinski definition) is 5. The van der Waals surface area contributed by atoms with E-state index >= 15 is 0 Å². The summed E-state index contributed by atoms with van der Waals surface area (Å²) < 4.78 is 41.8. The van der Waals surface area contributed by atoms with Crippen LogP contribution in [0.1, 0.15) is 16.7 Å². The third kappa shape index (κ3) is 3.37. The molecule has 1 aliphatic heterocycles. The summed E-state index contributed by atoms with van der Waals surface area (Å²) in [4.78, 5) is 27.9. The summed E-state index contributed by atoms with van der Waals surface area (Å²) >= 11 is 12.1. The molecule has 2 amide bonds. The number of alkyl halides is 3. The van der Waals surface area contributed by atoms with E-state index in [1.165, 1.54) is 54.6 Å². The number of nitriles is 1. The van der Waals surface area contributed by atoms with E-state index in [2.05, 4.69) is 4.74 Å². The average Bonchev–Trinajstić information content (AvgIpc) is 3.32. The van der Waals surface area contributed by atoms with Crippen molar-refractivity contribution in [3.8, 4) is 11.8 Å².